The number of hydrogen-bond donors (Lipinski definition) is 0. The predicted molar refractivity (Wildman–Crippen MR) is 30.3 cm³/mol. The zero-order valence-electron chi connectivity index (χ0n) is 4.39. The van der Waals surface area contributed by atoms with Crippen molar-refractivity contribution in [1.29, 1.82) is 0 Å². The third-order valence-corrected chi connectivity index (χ3v) is 0.944. The van der Waals surface area contributed by atoms with Crippen LogP contribution in [0.1, 0.15) is 19.8 Å². The highest BCUT2D eigenvalue weighted by Crippen LogP contribution is 1.84. The summed E-state index contributed by atoms with van der Waals surface area (Å²) < 4.78 is 13.1. The maximum atomic E-state index is 9.55. The first kappa shape index (κ1) is 6.82. The summed E-state index contributed by atoms with van der Waals surface area (Å²) in [5.74, 6) is 0. The van der Waals surface area contributed by atoms with Crippen LogP contribution in [0.4, 0.5) is 0 Å². The third kappa shape index (κ3) is 5.82. The molecule has 7 heavy (non-hydrogen) atoms. The lowest BCUT2D eigenvalue weighted by atomic mass is 10.3. The van der Waals surface area contributed by atoms with Gasteiger partial charge in [0.2, 0.25) is 0 Å². The van der Waals surface area contributed by atoms with Crippen LogP contribution in [0.2, 0.25) is 0 Å². The molecule has 0 saturated carbocycles. The second-order valence-electron chi connectivity index (χ2n) is 1.28. The number of unbranched alkanes of at least 4 members (excludes halogenated alkanes) is 1. The van der Waals surface area contributed by atoms with Crippen LogP contribution in [0.15, 0.2) is 4.36 Å². The molecular formula is C4H9NOS. The first-order valence-corrected chi connectivity index (χ1v) is 3.07. The fourth-order valence-corrected chi connectivity index (χ4v) is 0.464. The zero-order valence-corrected chi connectivity index (χ0v) is 5.20. The fourth-order valence-electron chi connectivity index (χ4n) is 0.260. The Morgan fingerprint density at radius 2 is 2.43 bits per heavy atom. The highest BCUT2D eigenvalue weighted by Gasteiger charge is 1.74. The largest absolute Gasteiger partial charge is 0.199 e. The van der Waals surface area contributed by atoms with Gasteiger partial charge >= 0.3 is 0 Å². The maximum absolute atomic E-state index is 9.55. The van der Waals surface area contributed by atoms with Gasteiger partial charge < -0.3 is 0 Å². The average molecular weight is 119 g/mol. The Hall–Kier alpha value is -0.180. The van der Waals surface area contributed by atoms with E-state index in [0.717, 1.165) is 12.8 Å². The van der Waals surface area contributed by atoms with Gasteiger partial charge in [-0.2, -0.15) is 8.57 Å². The molecule has 2 nitrogen and oxygen atoms in total. The molecule has 0 heterocycles. The minimum absolute atomic E-state index is 0.317. The van der Waals surface area contributed by atoms with Crippen molar-refractivity contribution in [3.8, 4) is 0 Å². The topological polar surface area (TPSA) is 29.4 Å². The molecule has 0 aromatic heterocycles. The van der Waals surface area contributed by atoms with E-state index < -0.39 is 0 Å². The lowest BCUT2D eigenvalue weighted by Crippen LogP contribution is -1.73. The van der Waals surface area contributed by atoms with Crippen molar-refractivity contribution in [3.63, 3.8) is 0 Å². The third-order valence-electron chi connectivity index (χ3n) is 0.656. The quantitative estimate of drug-likeness (QED) is 0.513. The van der Waals surface area contributed by atoms with E-state index in [9.17, 15) is 4.21 Å². The Kier molecular flexibility index (Phi) is 5.67. The van der Waals surface area contributed by atoms with Gasteiger partial charge in [0.15, 0.2) is 11.5 Å². The van der Waals surface area contributed by atoms with Gasteiger partial charge in [-0.05, 0) is 6.42 Å². The van der Waals surface area contributed by atoms with Gasteiger partial charge in [0, 0.05) is 0 Å². The molecule has 42 valence electrons. The molecule has 0 aliphatic heterocycles. The minimum atomic E-state index is 0.317. The van der Waals surface area contributed by atoms with E-state index in [1.165, 1.54) is 0 Å². The molecule has 0 spiro atoms. The summed E-state index contributed by atoms with van der Waals surface area (Å²) in [5, 5.41) is 0. The van der Waals surface area contributed by atoms with Crippen LogP contribution in [-0.4, -0.2) is 10.8 Å². The first-order chi connectivity index (χ1) is 3.41. The van der Waals surface area contributed by atoms with E-state index in [0.29, 0.717) is 18.0 Å². The Morgan fingerprint density at radius 3 is 2.86 bits per heavy atom. The number of rotatable bonds is 3. The second kappa shape index (κ2) is 5.82. The summed E-state index contributed by atoms with van der Waals surface area (Å²) in [5.41, 5.74) is 0. The fraction of sp³-hybridized carbons (Fsp3) is 1.00. The maximum Gasteiger partial charge on any atom is 0.199 e. The molecule has 0 radical (unpaired) electrons. The lowest BCUT2D eigenvalue weighted by molar-refractivity contribution is 0.695. The molecule has 3 heteroatoms. The summed E-state index contributed by atoms with van der Waals surface area (Å²) in [7, 11) is 0. The summed E-state index contributed by atoms with van der Waals surface area (Å²) in [6.45, 7) is 2.79. The van der Waals surface area contributed by atoms with Crippen molar-refractivity contribution in [2.45, 2.75) is 19.8 Å². The number of nitrogens with zero attached hydrogens (tertiary/aromatic N) is 1. The summed E-state index contributed by atoms with van der Waals surface area (Å²) in [4.78, 5) is 0. The van der Waals surface area contributed by atoms with Gasteiger partial charge in [-0.1, -0.05) is 13.3 Å². The van der Waals surface area contributed by atoms with Crippen molar-refractivity contribution in [2.24, 2.45) is 4.36 Å². The second-order valence-corrected chi connectivity index (χ2v) is 1.69. The summed E-state index contributed by atoms with van der Waals surface area (Å²) in [6, 6.07) is 0. The van der Waals surface area contributed by atoms with Gasteiger partial charge in [-0.15, -0.1) is 0 Å². The molecule has 0 unspecified atom stereocenters. The molecule has 0 amide bonds. The van der Waals surface area contributed by atoms with Crippen LogP contribution >= 0.6 is 0 Å². The number of hydrogen-bond acceptors (Lipinski definition) is 2. The van der Waals surface area contributed by atoms with Crippen LogP contribution < -0.4 is 0 Å². The van der Waals surface area contributed by atoms with E-state index in [-0.39, 0.29) is 0 Å². The lowest BCUT2D eigenvalue weighted by Gasteiger charge is -1.80. The zero-order chi connectivity index (χ0) is 5.54. The molecule has 0 N–H and O–H groups in total. The standard InChI is InChI=1S/C4H9NOS/c1-2-3-4-5-7-6/h2-4H2,1H3. The van der Waals surface area contributed by atoms with E-state index in [2.05, 4.69) is 11.3 Å². The molecule has 0 saturated heterocycles. The van der Waals surface area contributed by atoms with Gasteiger partial charge in [-0.25, -0.2) is 0 Å². The smallest absolute Gasteiger partial charge is 0.194 e. The molecule has 0 aromatic rings. The molecule has 0 aromatic carbocycles. The summed E-state index contributed by atoms with van der Waals surface area (Å²) >= 11 is 0.317. The van der Waals surface area contributed by atoms with Gasteiger partial charge in [0.25, 0.3) is 0 Å². The summed E-state index contributed by atoms with van der Waals surface area (Å²) in [6.07, 6.45) is 2.15. The van der Waals surface area contributed by atoms with Crippen molar-refractivity contribution in [3.05, 3.63) is 0 Å². The van der Waals surface area contributed by atoms with Crippen LogP contribution in [-0.2, 0) is 11.5 Å². The molecule has 0 aliphatic rings. The minimum Gasteiger partial charge on any atom is -0.194 e. The van der Waals surface area contributed by atoms with Crippen LogP contribution in [0, 0.1) is 0 Å². The monoisotopic (exact) mass is 119 g/mol. The molecule has 0 fully saturated rings. The molecule has 0 atom stereocenters. The average Bonchev–Trinajstić information content (AvgIpc) is 1.69. The Bertz CT molecular complexity index is 77.8. The van der Waals surface area contributed by atoms with Crippen LogP contribution in [0.5, 0.6) is 0 Å². The van der Waals surface area contributed by atoms with Gasteiger partial charge in [0.05, 0.1) is 6.54 Å². The van der Waals surface area contributed by atoms with Crippen LogP contribution in [0.3, 0.4) is 0 Å². The van der Waals surface area contributed by atoms with Gasteiger partial charge in [0.1, 0.15) is 0 Å². The van der Waals surface area contributed by atoms with E-state index >= 15 is 0 Å². The van der Waals surface area contributed by atoms with E-state index in [1.54, 1.807) is 0 Å². The predicted octanol–water partition coefficient (Wildman–Crippen LogP) is 1.18. The Labute approximate surface area is 47.2 Å². The molecule has 0 aliphatic carbocycles. The first-order valence-electron chi connectivity index (χ1n) is 2.37. The van der Waals surface area contributed by atoms with Crippen molar-refractivity contribution in [1.82, 2.24) is 0 Å². The SMILES string of the molecule is CCCCN=S=O. The highest BCUT2D eigenvalue weighted by molar-refractivity contribution is 7.54. The van der Waals surface area contributed by atoms with E-state index in [1.807, 2.05) is 0 Å². The van der Waals surface area contributed by atoms with Crippen LogP contribution in [0.25, 0.3) is 0 Å². The molecule has 0 bridgehead atoms. The Morgan fingerprint density at radius 1 is 1.71 bits per heavy atom. The molecule has 0 rings (SSSR count). The van der Waals surface area contributed by atoms with Gasteiger partial charge in [-0.3, -0.25) is 0 Å². The van der Waals surface area contributed by atoms with Crippen molar-refractivity contribution in [2.75, 3.05) is 6.54 Å². The van der Waals surface area contributed by atoms with E-state index in [4.69, 9.17) is 0 Å². The normalized spacial score (nSPS) is 8.14. The highest BCUT2D eigenvalue weighted by atomic mass is 32.1. The van der Waals surface area contributed by atoms with Crippen molar-refractivity contribution >= 4 is 11.5 Å². The van der Waals surface area contributed by atoms with Crippen molar-refractivity contribution < 1.29 is 4.21 Å². The molecular weight excluding hydrogens is 110 g/mol. The Balaban J connectivity index is 2.83.